The molecule has 0 spiro atoms. The van der Waals surface area contributed by atoms with Crippen molar-refractivity contribution in [1.82, 2.24) is 10.2 Å². The van der Waals surface area contributed by atoms with Crippen molar-refractivity contribution < 1.29 is 29.0 Å². The number of carbonyl (C=O) groups excluding carboxylic acids is 3. The highest BCUT2D eigenvalue weighted by molar-refractivity contribution is 5.89. The van der Waals surface area contributed by atoms with Crippen molar-refractivity contribution >= 4 is 35.4 Å². The van der Waals surface area contributed by atoms with E-state index in [1.807, 2.05) is 48.5 Å². The number of carbonyl (C=O) groups is 3. The molecular weight excluding hydrogens is 548 g/mol. The van der Waals surface area contributed by atoms with Crippen molar-refractivity contribution in [2.75, 3.05) is 31.6 Å². The lowest BCUT2D eigenvalue weighted by Gasteiger charge is -2.32. The maximum Gasteiger partial charge on any atom is 0.321 e. The summed E-state index contributed by atoms with van der Waals surface area (Å²) in [5.41, 5.74) is 1.34. The highest BCUT2D eigenvalue weighted by Gasteiger charge is 2.29. The Kier molecular flexibility index (Phi) is 15.1. The lowest BCUT2D eigenvalue weighted by molar-refractivity contribution is -0.142. The smallest absolute Gasteiger partial charge is 0.321 e. The van der Waals surface area contributed by atoms with Crippen molar-refractivity contribution in [1.29, 1.82) is 0 Å². The quantitative estimate of drug-likeness (QED) is 0.203. The molecule has 3 rings (SSSR count). The molecule has 43 heavy (non-hydrogen) atoms. The maximum absolute atomic E-state index is 12.9. The minimum atomic E-state index is -0.885. The third kappa shape index (κ3) is 14.1. The van der Waals surface area contributed by atoms with Gasteiger partial charge < -0.3 is 25.4 Å². The molecule has 3 amide bonds. The number of ether oxygens (including phenoxy) is 1. The molecule has 1 aliphatic carbocycles. The minimum absolute atomic E-state index is 0.0420. The number of nitrogens with one attached hydrogen (secondary N) is 2. The van der Waals surface area contributed by atoms with Gasteiger partial charge in [0.25, 0.3) is 0 Å². The Hall–Kier alpha value is -4.01. The lowest BCUT2D eigenvalue weighted by Crippen LogP contribution is -2.43. The molecule has 10 nitrogen and oxygen atoms in total. The number of aliphatic carboxylic acids is 1. The Morgan fingerprint density at radius 3 is 2.30 bits per heavy atom. The van der Waals surface area contributed by atoms with Gasteiger partial charge in [-0.05, 0) is 55.4 Å². The van der Waals surface area contributed by atoms with Crippen LogP contribution in [0, 0.1) is 17.3 Å². The number of hydrogen-bond donors (Lipinski definition) is 3. The number of anilines is 1. The number of nitrogens with zero attached hydrogens (tertiary/aromatic N) is 2. The van der Waals surface area contributed by atoms with Gasteiger partial charge in [0.1, 0.15) is 0 Å². The molecule has 2 aromatic carbocycles. The molecule has 0 aliphatic heterocycles. The van der Waals surface area contributed by atoms with Crippen molar-refractivity contribution in [3.05, 3.63) is 60.7 Å². The van der Waals surface area contributed by atoms with E-state index in [9.17, 15) is 19.2 Å². The van der Waals surface area contributed by atoms with Gasteiger partial charge in [0.2, 0.25) is 12.0 Å². The second-order valence-corrected chi connectivity index (χ2v) is 11.9. The van der Waals surface area contributed by atoms with Crippen LogP contribution in [0.5, 0.6) is 0 Å². The van der Waals surface area contributed by atoms with Crippen molar-refractivity contribution in [2.24, 2.45) is 22.2 Å². The fourth-order valence-electron chi connectivity index (χ4n) is 4.74. The molecule has 1 unspecified atom stereocenters. The zero-order valence-electron chi connectivity index (χ0n) is 25.8. The molecule has 1 saturated carbocycles. The first kappa shape index (κ1) is 35.2. The van der Waals surface area contributed by atoms with Gasteiger partial charge in [0, 0.05) is 31.2 Å². The van der Waals surface area contributed by atoms with Crippen LogP contribution in [0.2, 0.25) is 0 Å². The Morgan fingerprint density at radius 1 is 1.07 bits per heavy atom. The third-order valence-corrected chi connectivity index (χ3v) is 6.98. The Balaban J connectivity index is 0.000000609. The standard InChI is InChI=1S/C26H41N3O5.C7H5NO/c1-5-19(24(31)32)17-27-23(30)20-10-9-13-22(16-20)34-15-14-29(18-26(2,3)4)25(33)28-21-11-7-6-8-12-21;9-6-8-7-4-2-1-3-5-7/h6-8,11-12,19-20,22H,5,9-10,13-18H2,1-4H3,(H,27,30)(H,28,33)(H,31,32);1-5H/t19?,20-,22+;/m1./s1. The summed E-state index contributed by atoms with van der Waals surface area (Å²) in [6.45, 7) is 9.68. The van der Waals surface area contributed by atoms with Gasteiger partial charge in [0.05, 0.1) is 24.3 Å². The molecule has 10 heteroatoms. The number of aliphatic imine (C=N–C) groups is 1. The van der Waals surface area contributed by atoms with Gasteiger partial charge in [0.15, 0.2) is 0 Å². The van der Waals surface area contributed by atoms with Crippen LogP contribution in [0.4, 0.5) is 16.2 Å². The maximum atomic E-state index is 12.9. The van der Waals surface area contributed by atoms with E-state index < -0.39 is 11.9 Å². The van der Waals surface area contributed by atoms with Crippen LogP contribution in [0.3, 0.4) is 0 Å². The van der Waals surface area contributed by atoms with Crippen LogP contribution >= 0.6 is 0 Å². The molecule has 0 radical (unpaired) electrons. The van der Waals surface area contributed by atoms with Crippen LogP contribution in [0.1, 0.15) is 59.8 Å². The molecular formula is C33H46N4O6. The van der Waals surface area contributed by atoms with Crippen LogP contribution in [0.15, 0.2) is 65.7 Å². The van der Waals surface area contributed by atoms with E-state index in [0.717, 1.165) is 24.9 Å². The van der Waals surface area contributed by atoms with Crippen molar-refractivity contribution in [3.63, 3.8) is 0 Å². The summed E-state index contributed by atoms with van der Waals surface area (Å²) in [4.78, 5) is 51.5. The SMILES string of the molecule is CCC(CNC(=O)[C@@H]1CCC[C@H](OCCN(CC(C)(C)C)C(=O)Nc2ccccc2)C1)C(=O)O.O=C=Nc1ccccc1. The van der Waals surface area contributed by atoms with E-state index in [0.29, 0.717) is 38.2 Å². The topological polar surface area (TPSA) is 137 Å². The molecule has 0 aromatic heterocycles. The number of isocyanates is 1. The molecule has 3 N–H and O–H groups in total. The summed E-state index contributed by atoms with van der Waals surface area (Å²) in [6.07, 6.45) is 5.07. The fourth-order valence-corrected chi connectivity index (χ4v) is 4.74. The second kappa shape index (κ2) is 18.5. The second-order valence-electron chi connectivity index (χ2n) is 11.9. The molecule has 0 heterocycles. The minimum Gasteiger partial charge on any atom is -0.481 e. The highest BCUT2D eigenvalue weighted by atomic mass is 16.5. The molecule has 1 aliphatic rings. The zero-order valence-corrected chi connectivity index (χ0v) is 25.8. The lowest BCUT2D eigenvalue weighted by atomic mass is 9.86. The largest absolute Gasteiger partial charge is 0.481 e. The van der Waals surface area contributed by atoms with Gasteiger partial charge >= 0.3 is 12.0 Å². The van der Waals surface area contributed by atoms with E-state index in [1.54, 1.807) is 24.0 Å². The van der Waals surface area contributed by atoms with E-state index in [2.05, 4.69) is 36.4 Å². The number of rotatable bonds is 12. The number of carboxylic acids is 1. The molecule has 0 saturated heterocycles. The van der Waals surface area contributed by atoms with E-state index in [1.165, 1.54) is 6.08 Å². The number of carboxylic acid groups (broad SMARTS) is 1. The van der Waals surface area contributed by atoms with E-state index in [-0.39, 0.29) is 35.9 Å². The summed E-state index contributed by atoms with van der Waals surface area (Å²) in [7, 11) is 0. The monoisotopic (exact) mass is 594 g/mol. The molecule has 234 valence electrons. The fraction of sp³-hybridized carbons (Fsp3) is 0.515. The van der Waals surface area contributed by atoms with Crippen molar-refractivity contribution in [2.45, 2.75) is 65.9 Å². The summed E-state index contributed by atoms with van der Waals surface area (Å²) < 4.78 is 6.10. The van der Waals surface area contributed by atoms with Crippen LogP contribution < -0.4 is 10.6 Å². The van der Waals surface area contributed by atoms with Gasteiger partial charge in [-0.3, -0.25) is 9.59 Å². The number of hydrogen-bond acceptors (Lipinski definition) is 6. The van der Waals surface area contributed by atoms with Gasteiger partial charge in [-0.2, -0.15) is 4.99 Å². The molecule has 0 bridgehead atoms. The predicted octanol–water partition coefficient (Wildman–Crippen LogP) is 6.02. The number of benzene rings is 2. The molecule has 2 aromatic rings. The number of para-hydroxylation sites is 2. The molecule has 3 atom stereocenters. The highest BCUT2D eigenvalue weighted by Crippen LogP contribution is 2.27. The summed E-state index contributed by atoms with van der Waals surface area (Å²) in [5.74, 6) is -1.71. The van der Waals surface area contributed by atoms with E-state index >= 15 is 0 Å². The van der Waals surface area contributed by atoms with Crippen LogP contribution in [-0.2, 0) is 19.1 Å². The van der Waals surface area contributed by atoms with Gasteiger partial charge in [-0.15, -0.1) is 0 Å². The first-order valence-corrected chi connectivity index (χ1v) is 14.9. The predicted molar refractivity (Wildman–Crippen MR) is 167 cm³/mol. The van der Waals surface area contributed by atoms with E-state index in [4.69, 9.17) is 9.84 Å². The van der Waals surface area contributed by atoms with Crippen LogP contribution in [0.25, 0.3) is 0 Å². The number of amides is 3. The average Bonchev–Trinajstić information content (AvgIpc) is 2.98. The Bertz CT molecular complexity index is 1180. The number of urea groups is 1. The average molecular weight is 595 g/mol. The van der Waals surface area contributed by atoms with Crippen molar-refractivity contribution in [3.8, 4) is 0 Å². The summed E-state index contributed by atoms with van der Waals surface area (Å²) >= 11 is 0. The van der Waals surface area contributed by atoms with Crippen LogP contribution in [-0.4, -0.2) is 66.3 Å². The zero-order chi connectivity index (χ0) is 31.7. The van der Waals surface area contributed by atoms with Gasteiger partial charge in [-0.25, -0.2) is 9.59 Å². The normalized spacial score (nSPS) is 16.8. The Morgan fingerprint density at radius 2 is 1.72 bits per heavy atom. The summed E-state index contributed by atoms with van der Waals surface area (Å²) in [6, 6.07) is 18.2. The first-order valence-electron chi connectivity index (χ1n) is 14.9. The molecule has 1 fully saturated rings. The first-order chi connectivity index (χ1) is 20.5. The third-order valence-electron chi connectivity index (χ3n) is 6.98. The Labute approximate surface area is 254 Å². The van der Waals surface area contributed by atoms with Gasteiger partial charge in [-0.1, -0.05) is 70.5 Å². The summed E-state index contributed by atoms with van der Waals surface area (Å²) in [5, 5.41) is 14.9.